The van der Waals surface area contributed by atoms with Crippen molar-refractivity contribution in [1.29, 1.82) is 0 Å². The summed E-state index contributed by atoms with van der Waals surface area (Å²) in [7, 11) is 0. The van der Waals surface area contributed by atoms with Crippen LogP contribution in [0.5, 0.6) is 0 Å². The van der Waals surface area contributed by atoms with E-state index in [0.29, 0.717) is 19.8 Å². The molecular weight excluding hydrogens is 208 g/mol. The smallest absolute Gasteiger partial charge is 0.220 e. The first-order valence-electron chi connectivity index (χ1n) is 5.91. The first-order chi connectivity index (χ1) is 7.72. The molecule has 0 saturated heterocycles. The molecule has 0 aromatic carbocycles. The maximum Gasteiger partial charge on any atom is 0.220 e. The van der Waals surface area contributed by atoms with Gasteiger partial charge in [0.1, 0.15) is 0 Å². The molecule has 0 radical (unpaired) electrons. The summed E-state index contributed by atoms with van der Waals surface area (Å²) in [4.78, 5) is 10.9. The zero-order valence-electron chi connectivity index (χ0n) is 10.1. The lowest BCUT2D eigenvalue weighted by molar-refractivity contribution is -0.122. The molecule has 4 N–H and O–H groups in total. The van der Waals surface area contributed by atoms with Crippen molar-refractivity contribution in [3.8, 4) is 0 Å². The Balaban J connectivity index is 3.22. The Morgan fingerprint density at radius 1 is 1.50 bits per heavy atom. The number of carbonyl (C=O) groups excluding carboxylic acids is 1. The third-order valence-electron chi connectivity index (χ3n) is 2.45. The third-order valence-corrected chi connectivity index (χ3v) is 2.45. The summed E-state index contributed by atoms with van der Waals surface area (Å²) in [5, 5.41) is 11.6. The average molecular weight is 232 g/mol. The third kappa shape index (κ3) is 8.64. The lowest BCUT2D eigenvalue weighted by Gasteiger charge is -2.10. The van der Waals surface area contributed by atoms with Gasteiger partial charge in [-0.3, -0.25) is 10.1 Å². The zero-order valence-corrected chi connectivity index (χ0v) is 10.1. The van der Waals surface area contributed by atoms with E-state index in [9.17, 15) is 4.79 Å². The molecule has 0 saturated carbocycles. The van der Waals surface area contributed by atoms with Crippen LogP contribution in [-0.2, 0) is 9.53 Å². The Morgan fingerprint density at radius 2 is 2.25 bits per heavy atom. The first kappa shape index (κ1) is 15.3. The first-order valence-corrected chi connectivity index (χ1v) is 5.91. The highest BCUT2D eigenvalue weighted by Crippen LogP contribution is 2.09. The molecule has 5 nitrogen and oxygen atoms in total. The molecule has 1 atom stereocenters. The van der Waals surface area contributed by atoms with Crippen LogP contribution in [0, 0.1) is 5.92 Å². The van der Waals surface area contributed by atoms with Crippen molar-refractivity contribution >= 4 is 5.91 Å². The van der Waals surface area contributed by atoms with Crippen LogP contribution < -0.4 is 11.1 Å². The van der Waals surface area contributed by atoms with E-state index in [-0.39, 0.29) is 18.4 Å². The molecule has 0 rings (SSSR count). The number of rotatable bonds is 11. The van der Waals surface area contributed by atoms with E-state index in [4.69, 9.17) is 15.6 Å². The highest BCUT2D eigenvalue weighted by atomic mass is 16.5. The van der Waals surface area contributed by atoms with Crippen LogP contribution in [0.2, 0.25) is 0 Å². The van der Waals surface area contributed by atoms with Gasteiger partial charge in [0.2, 0.25) is 5.91 Å². The van der Waals surface area contributed by atoms with Crippen LogP contribution in [0.25, 0.3) is 0 Å². The number of nitrogens with one attached hydrogen (secondary N) is 1. The SMILES string of the molecule is CCC(CCCNCOCCCO)C(N)=O. The molecule has 0 aliphatic heterocycles. The van der Waals surface area contributed by atoms with E-state index < -0.39 is 0 Å². The summed E-state index contributed by atoms with van der Waals surface area (Å²) in [5.74, 6) is -0.209. The molecule has 0 heterocycles. The fourth-order valence-electron chi connectivity index (χ4n) is 1.40. The molecule has 0 bridgehead atoms. The Hall–Kier alpha value is -0.650. The quantitative estimate of drug-likeness (QED) is 0.351. The Bertz CT molecular complexity index is 177. The topological polar surface area (TPSA) is 84.6 Å². The normalized spacial score (nSPS) is 12.6. The average Bonchev–Trinajstić information content (AvgIpc) is 2.26. The fourth-order valence-corrected chi connectivity index (χ4v) is 1.40. The molecule has 0 spiro atoms. The number of hydrogen-bond donors (Lipinski definition) is 3. The number of nitrogens with two attached hydrogens (primary N) is 1. The van der Waals surface area contributed by atoms with E-state index in [0.717, 1.165) is 25.8 Å². The van der Waals surface area contributed by atoms with Crippen LogP contribution in [0.1, 0.15) is 32.6 Å². The van der Waals surface area contributed by atoms with Crippen molar-refractivity contribution in [3.63, 3.8) is 0 Å². The van der Waals surface area contributed by atoms with Crippen LogP contribution in [0.3, 0.4) is 0 Å². The van der Waals surface area contributed by atoms with Crippen molar-refractivity contribution in [2.75, 3.05) is 26.5 Å². The fraction of sp³-hybridized carbons (Fsp3) is 0.909. The lowest BCUT2D eigenvalue weighted by Crippen LogP contribution is -2.25. The van der Waals surface area contributed by atoms with E-state index >= 15 is 0 Å². The molecule has 0 aliphatic rings. The van der Waals surface area contributed by atoms with Gasteiger partial charge >= 0.3 is 0 Å². The van der Waals surface area contributed by atoms with Crippen molar-refractivity contribution in [3.05, 3.63) is 0 Å². The standard InChI is InChI=1S/C11H24N2O3/c1-2-10(11(12)15)5-3-6-13-9-16-8-4-7-14/h10,13-14H,2-9H2,1H3,(H2,12,15). The summed E-state index contributed by atoms with van der Waals surface area (Å²) in [6.45, 7) is 4.02. The summed E-state index contributed by atoms with van der Waals surface area (Å²) in [6.07, 6.45) is 3.23. The van der Waals surface area contributed by atoms with Crippen LogP contribution in [-0.4, -0.2) is 37.5 Å². The van der Waals surface area contributed by atoms with Gasteiger partial charge in [0, 0.05) is 12.5 Å². The minimum atomic E-state index is -0.207. The molecule has 1 unspecified atom stereocenters. The van der Waals surface area contributed by atoms with Crippen molar-refractivity contribution < 1.29 is 14.6 Å². The summed E-state index contributed by atoms with van der Waals surface area (Å²) >= 11 is 0. The highest BCUT2D eigenvalue weighted by molar-refractivity contribution is 5.76. The van der Waals surface area contributed by atoms with Gasteiger partial charge in [-0.25, -0.2) is 0 Å². The van der Waals surface area contributed by atoms with E-state index in [2.05, 4.69) is 5.32 Å². The van der Waals surface area contributed by atoms with E-state index in [1.54, 1.807) is 0 Å². The van der Waals surface area contributed by atoms with Crippen molar-refractivity contribution in [1.82, 2.24) is 5.32 Å². The van der Waals surface area contributed by atoms with Gasteiger partial charge < -0.3 is 15.6 Å². The van der Waals surface area contributed by atoms with Gasteiger partial charge in [-0.2, -0.15) is 0 Å². The van der Waals surface area contributed by atoms with Gasteiger partial charge in [-0.1, -0.05) is 6.92 Å². The summed E-state index contributed by atoms with van der Waals surface area (Å²) in [5.41, 5.74) is 5.24. The monoisotopic (exact) mass is 232 g/mol. The van der Waals surface area contributed by atoms with Gasteiger partial charge in [0.15, 0.2) is 0 Å². The molecule has 1 amide bonds. The number of aliphatic hydroxyl groups excluding tert-OH is 1. The molecule has 0 fully saturated rings. The second-order valence-corrected chi connectivity index (χ2v) is 3.78. The minimum absolute atomic E-state index is 0.00268. The minimum Gasteiger partial charge on any atom is -0.396 e. The Morgan fingerprint density at radius 3 is 2.81 bits per heavy atom. The van der Waals surface area contributed by atoms with Crippen molar-refractivity contribution in [2.24, 2.45) is 11.7 Å². The molecule has 96 valence electrons. The predicted octanol–water partition coefficient (Wildman–Crippen LogP) is 0.224. The maximum absolute atomic E-state index is 10.9. The number of hydrogen-bond acceptors (Lipinski definition) is 4. The molecule has 0 aromatic rings. The predicted molar refractivity (Wildman–Crippen MR) is 62.7 cm³/mol. The Labute approximate surface area is 97.3 Å². The maximum atomic E-state index is 10.9. The number of ether oxygens (including phenoxy) is 1. The van der Waals surface area contributed by atoms with Crippen molar-refractivity contribution in [2.45, 2.75) is 32.6 Å². The zero-order chi connectivity index (χ0) is 12.2. The Kier molecular flexibility index (Phi) is 10.4. The number of carbonyl (C=O) groups is 1. The van der Waals surface area contributed by atoms with Crippen LogP contribution in [0.4, 0.5) is 0 Å². The second kappa shape index (κ2) is 10.9. The molecular formula is C11H24N2O3. The second-order valence-electron chi connectivity index (χ2n) is 3.78. The largest absolute Gasteiger partial charge is 0.396 e. The lowest BCUT2D eigenvalue weighted by atomic mass is 10.00. The van der Waals surface area contributed by atoms with Gasteiger partial charge in [-0.15, -0.1) is 0 Å². The van der Waals surface area contributed by atoms with Gasteiger partial charge in [0.05, 0.1) is 13.3 Å². The summed E-state index contributed by atoms with van der Waals surface area (Å²) in [6, 6.07) is 0. The molecule has 0 aliphatic carbocycles. The summed E-state index contributed by atoms with van der Waals surface area (Å²) < 4.78 is 5.19. The van der Waals surface area contributed by atoms with Gasteiger partial charge in [-0.05, 0) is 32.2 Å². The molecule has 0 aromatic heterocycles. The van der Waals surface area contributed by atoms with E-state index in [1.807, 2.05) is 6.92 Å². The highest BCUT2D eigenvalue weighted by Gasteiger charge is 2.11. The van der Waals surface area contributed by atoms with Crippen LogP contribution >= 0.6 is 0 Å². The van der Waals surface area contributed by atoms with Crippen LogP contribution in [0.15, 0.2) is 0 Å². The number of amides is 1. The number of aliphatic hydroxyl groups is 1. The van der Waals surface area contributed by atoms with Gasteiger partial charge in [0.25, 0.3) is 0 Å². The van der Waals surface area contributed by atoms with E-state index in [1.165, 1.54) is 0 Å². The molecule has 16 heavy (non-hydrogen) atoms. The number of primary amides is 1. The molecule has 5 heteroatoms.